The first kappa shape index (κ1) is 11.9. The zero-order valence-electron chi connectivity index (χ0n) is 9.09. The number of carbonyl (C=O) groups excluding carboxylic acids is 1. The van der Waals surface area contributed by atoms with Gasteiger partial charge in [-0.2, -0.15) is 0 Å². The van der Waals surface area contributed by atoms with Gasteiger partial charge in [-0.05, 0) is 13.3 Å². The smallest absolute Gasteiger partial charge is 0.225 e. The minimum absolute atomic E-state index is 0.0123. The Morgan fingerprint density at radius 1 is 1.27 bits per heavy atom. The van der Waals surface area contributed by atoms with Crippen LogP contribution in [-0.2, 0) is 11.2 Å². The predicted octanol–water partition coefficient (Wildman–Crippen LogP) is 2.35. The molecule has 0 spiro atoms. The summed E-state index contributed by atoms with van der Waals surface area (Å²) in [6, 6.07) is 0. The third-order valence-electron chi connectivity index (χ3n) is 1.93. The summed E-state index contributed by atoms with van der Waals surface area (Å²) in [6.45, 7) is 5.74. The first-order valence-electron chi connectivity index (χ1n) is 4.99. The summed E-state index contributed by atoms with van der Waals surface area (Å²) in [7, 11) is 0. The molecule has 1 aromatic heterocycles. The van der Waals surface area contributed by atoms with Crippen molar-refractivity contribution in [1.82, 2.24) is 9.97 Å². The van der Waals surface area contributed by atoms with Gasteiger partial charge in [-0.3, -0.25) is 4.79 Å². The predicted molar refractivity (Wildman–Crippen MR) is 60.1 cm³/mol. The standard InChI is InChI=1S/C8H8ClN3O.C2H6/c1-4-10-7(9)5-2-3-6(13)12-8(5)11-4;1-2/h2-3H2,1H3,(H,10,11,12,13);1-2H3. The quantitative estimate of drug-likeness (QED) is 0.693. The molecule has 2 rings (SSSR count). The van der Waals surface area contributed by atoms with Crippen LogP contribution in [0.15, 0.2) is 0 Å². The number of hydrogen-bond donors (Lipinski definition) is 1. The molecular weight excluding hydrogens is 214 g/mol. The fourth-order valence-electron chi connectivity index (χ4n) is 1.32. The summed E-state index contributed by atoms with van der Waals surface area (Å²) < 4.78 is 0. The van der Waals surface area contributed by atoms with Crippen molar-refractivity contribution in [2.24, 2.45) is 0 Å². The van der Waals surface area contributed by atoms with E-state index in [1.165, 1.54) is 0 Å². The van der Waals surface area contributed by atoms with Crippen molar-refractivity contribution in [3.8, 4) is 0 Å². The first-order valence-corrected chi connectivity index (χ1v) is 5.37. The highest BCUT2D eigenvalue weighted by atomic mass is 35.5. The molecule has 15 heavy (non-hydrogen) atoms. The summed E-state index contributed by atoms with van der Waals surface area (Å²) >= 11 is 5.89. The van der Waals surface area contributed by atoms with E-state index in [9.17, 15) is 4.79 Å². The van der Waals surface area contributed by atoms with E-state index in [0.29, 0.717) is 29.6 Å². The lowest BCUT2D eigenvalue weighted by Gasteiger charge is -2.16. The summed E-state index contributed by atoms with van der Waals surface area (Å²) in [5.74, 6) is 1.13. The average molecular weight is 228 g/mol. The van der Waals surface area contributed by atoms with Gasteiger partial charge in [0.25, 0.3) is 0 Å². The van der Waals surface area contributed by atoms with Crippen LogP contribution in [0.25, 0.3) is 0 Å². The van der Waals surface area contributed by atoms with Gasteiger partial charge in [-0.25, -0.2) is 9.97 Å². The van der Waals surface area contributed by atoms with Crippen LogP contribution in [0.4, 0.5) is 5.82 Å². The second-order valence-corrected chi connectivity index (χ2v) is 3.29. The molecule has 0 unspecified atom stereocenters. The van der Waals surface area contributed by atoms with Crippen LogP contribution in [-0.4, -0.2) is 15.9 Å². The van der Waals surface area contributed by atoms with Crippen LogP contribution in [0.1, 0.15) is 31.7 Å². The summed E-state index contributed by atoms with van der Waals surface area (Å²) in [5.41, 5.74) is 0.840. The largest absolute Gasteiger partial charge is 0.310 e. The van der Waals surface area contributed by atoms with Crippen molar-refractivity contribution in [3.05, 3.63) is 16.5 Å². The lowest BCUT2D eigenvalue weighted by Crippen LogP contribution is -2.21. The zero-order valence-corrected chi connectivity index (χ0v) is 9.85. The second-order valence-electron chi connectivity index (χ2n) is 2.94. The summed E-state index contributed by atoms with van der Waals surface area (Å²) in [6.07, 6.45) is 1.08. The normalized spacial score (nSPS) is 13.5. The van der Waals surface area contributed by atoms with Crippen molar-refractivity contribution in [2.75, 3.05) is 5.32 Å². The van der Waals surface area contributed by atoms with Gasteiger partial charge in [0.1, 0.15) is 16.8 Å². The molecule has 0 bridgehead atoms. The Morgan fingerprint density at radius 3 is 2.60 bits per heavy atom. The Morgan fingerprint density at radius 2 is 1.93 bits per heavy atom. The zero-order chi connectivity index (χ0) is 11.4. The topological polar surface area (TPSA) is 54.9 Å². The van der Waals surface area contributed by atoms with Crippen molar-refractivity contribution in [3.63, 3.8) is 0 Å². The molecule has 0 fully saturated rings. The highest BCUT2D eigenvalue weighted by Gasteiger charge is 2.19. The molecular formula is C10H14ClN3O. The number of amides is 1. The van der Waals surface area contributed by atoms with Gasteiger partial charge in [0.05, 0.1) is 0 Å². The maximum atomic E-state index is 11.0. The fourth-order valence-corrected chi connectivity index (χ4v) is 1.63. The van der Waals surface area contributed by atoms with E-state index in [0.717, 1.165) is 5.56 Å². The van der Waals surface area contributed by atoms with E-state index in [4.69, 9.17) is 11.6 Å². The maximum Gasteiger partial charge on any atom is 0.225 e. The Balaban J connectivity index is 0.000000531. The molecule has 2 heterocycles. The number of anilines is 1. The molecule has 4 nitrogen and oxygen atoms in total. The third kappa shape index (κ3) is 2.65. The average Bonchev–Trinajstić information content (AvgIpc) is 2.19. The number of rotatable bonds is 0. The Hall–Kier alpha value is -1.16. The number of fused-ring (bicyclic) bond motifs is 1. The van der Waals surface area contributed by atoms with Crippen LogP contribution in [0, 0.1) is 6.92 Å². The van der Waals surface area contributed by atoms with Crippen LogP contribution >= 0.6 is 11.6 Å². The molecule has 1 aliphatic heterocycles. The molecule has 1 amide bonds. The molecule has 0 aliphatic carbocycles. The number of aryl methyl sites for hydroxylation is 1. The van der Waals surface area contributed by atoms with Crippen LogP contribution in [0.2, 0.25) is 5.15 Å². The van der Waals surface area contributed by atoms with E-state index < -0.39 is 0 Å². The van der Waals surface area contributed by atoms with Gasteiger partial charge in [-0.15, -0.1) is 0 Å². The van der Waals surface area contributed by atoms with Crippen molar-refractivity contribution in [2.45, 2.75) is 33.6 Å². The van der Waals surface area contributed by atoms with E-state index in [2.05, 4.69) is 15.3 Å². The van der Waals surface area contributed by atoms with E-state index in [-0.39, 0.29) is 5.91 Å². The van der Waals surface area contributed by atoms with Crippen molar-refractivity contribution >= 4 is 23.3 Å². The molecule has 5 heteroatoms. The lowest BCUT2D eigenvalue weighted by atomic mass is 10.1. The maximum absolute atomic E-state index is 11.0. The van der Waals surface area contributed by atoms with E-state index in [1.807, 2.05) is 13.8 Å². The fraction of sp³-hybridized carbons (Fsp3) is 0.500. The SMILES string of the molecule is CC.Cc1nc(Cl)c2c(n1)NC(=O)CC2. The Labute approximate surface area is 94.1 Å². The minimum Gasteiger partial charge on any atom is -0.310 e. The number of hydrogen-bond acceptors (Lipinski definition) is 3. The van der Waals surface area contributed by atoms with E-state index >= 15 is 0 Å². The number of carbonyl (C=O) groups is 1. The van der Waals surface area contributed by atoms with Gasteiger partial charge in [0.15, 0.2) is 0 Å². The van der Waals surface area contributed by atoms with Crippen molar-refractivity contribution in [1.29, 1.82) is 0 Å². The van der Waals surface area contributed by atoms with Crippen LogP contribution < -0.4 is 5.32 Å². The number of nitrogens with one attached hydrogen (secondary N) is 1. The van der Waals surface area contributed by atoms with Crippen LogP contribution in [0.5, 0.6) is 0 Å². The molecule has 1 aromatic rings. The van der Waals surface area contributed by atoms with Crippen LogP contribution in [0.3, 0.4) is 0 Å². The summed E-state index contributed by atoms with van der Waals surface area (Å²) in [4.78, 5) is 19.1. The monoisotopic (exact) mass is 227 g/mol. The molecule has 0 saturated carbocycles. The molecule has 0 saturated heterocycles. The van der Waals surface area contributed by atoms with Gasteiger partial charge < -0.3 is 5.32 Å². The first-order chi connectivity index (χ1) is 7.16. The van der Waals surface area contributed by atoms with Gasteiger partial charge in [-0.1, -0.05) is 25.4 Å². The highest BCUT2D eigenvalue weighted by molar-refractivity contribution is 6.30. The van der Waals surface area contributed by atoms with E-state index in [1.54, 1.807) is 6.92 Å². The van der Waals surface area contributed by atoms with Gasteiger partial charge in [0, 0.05) is 12.0 Å². The Kier molecular flexibility index (Phi) is 4.03. The van der Waals surface area contributed by atoms with Gasteiger partial charge in [0.2, 0.25) is 5.91 Å². The number of halogens is 1. The number of nitrogens with zero attached hydrogens (tertiary/aromatic N) is 2. The summed E-state index contributed by atoms with van der Waals surface area (Å²) in [5, 5.41) is 3.11. The molecule has 0 radical (unpaired) electrons. The Bertz CT molecular complexity index is 379. The highest BCUT2D eigenvalue weighted by Crippen LogP contribution is 2.25. The van der Waals surface area contributed by atoms with Gasteiger partial charge >= 0.3 is 0 Å². The molecule has 1 aliphatic rings. The lowest BCUT2D eigenvalue weighted by molar-refractivity contribution is -0.116. The minimum atomic E-state index is -0.0123. The van der Waals surface area contributed by atoms with Crippen molar-refractivity contribution < 1.29 is 4.79 Å². The molecule has 1 N–H and O–H groups in total. The molecule has 82 valence electrons. The molecule has 0 atom stereocenters. The third-order valence-corrected chi connectivity index (χ3v) is 2.24. The number of aromatic nitrogens is 2. The second kappa shape index (κ2) is 5.07. The molecule has 0 aromatic carbocycles.